The molecule has 1 aliphatic rings. The third-order valence-electron chi connectivity index (χ3n) is 3.20. The molecule has 1 atom stereocenters. The van der Waals surface area contributed by atoms with Crippen molar-refractivity contribution in [1.82, 2.24) is 26.1 Å². The van der Waals surface area contributed by atoms with Crippen LogP contribution in [0.3, 0.4) is 0 Å². The first kappa shape index (κ1) is 15.2. The summed E-state index contributed by atoms with van der Waals surface area (Å²) in [6, 6.07) is 0.665. The highest BCUT2D eigenvalue weighted by Crippen LogP contribution is 2.19. The van der Waals surface area contributed by atoms with E-state index in [-0.39, 0.29) is 25.3 Å². The summed E-state index contributed by atoms with van der Waals surface area (Å²) in [6.45, 7) is 0.135. The van der Waals surface area contributed by atoms with Crippen molar-refractivity contribution in [3.05, 3.63) is 22.7 Å². The molecule has 0 aliphatic carbocycles. The Bertz CT molecular complexity index is 727. The molecule has 3 rings (SSSR count). The van der Waals surface area contributed by atoms with Crippen molar-refractivity contribution in [1.29, 1.82) is 0 Å². The van der Waals surface area contributed by atoms with E-state index in [1.807, 2.05) is 16.8 Å². The lowest BCUT2D eigenvalue weighted by atomic mass is 10.1. The number of carbonyl (C=O) groups excluding carboxylic acids is 3. The first-order chi connectivity index (χ1) is 11.1. The predicted octanol–water partition coefficient (Wildman–Crippen LogP) is 0.403. The zero-order chi connectivity index (χ0) is 16.2. The minimum absolute atomic E-state index is 0.105. The summed E-state index contributed by atoms with van der Waals surface area (Å²) in [5.41, 5.74) is 0.836. The molecule has 4 amide bonds. The second-order valence-electron chi connectivity index (χ2n) is 4.86. The summed E-state index contributed by atoms with van der Waals surface area (Å²) in [6.07, 6.45) is 0.337. The van der Waals surface area contributed by atoms with Crippen LogP contribution in [0.25, 0.3) is 11.5 Å². The van der Waals surface area contributed by atoms with Crippen LogP contribution in [0, 0.1) is 0 Å². The molecule has 2 aromatic rings. The Morgan fingerprint density at radius 3 is 3.00 bits per heavy atom. The van der Waals surface area contributed by atoms with E-state index < -0.39 is 18.0 Å². The van der Waals surface area contributed by atoms with Gasteiger partial charge in [-0.2, -0.15) is 16.3 Å². The number of nitrogens with zero attached hydrogens (tertiary/aromatic N) is 2. The van der Waals surface area contributed by atoms with Gasteiger partial charge in [-0.1, -0.05) is 5.16 Å². The van der Waals surface area contributed by atoms with E-state index in [1.165, 1.54) is 11.3 Å². The molecule has 0 saturated carbocycles. The number of imide groups is 1. The van der Waals surface area contributed by atoms with Crippen LogP contribution in [0.2, 0.25) is 0 Å². The Morgan fingerprint density at radius 2 is 2.30 bits per heavy atom. The van der Waals surface area contributed by atoms with E-state index in [0.29, 0.717) is 11.7 Å². The molecule has 3 N–H and O–H groups in total. The van der Waals surface area contributed by atoms with E-state index in [4.69, 9.17) is 4.52 Å². The molecule has 0 radical (unpaired) electrons. The lowest BCUT2D eigenvalue weighted by Crippen LogP contribution is -2.31. The Morgan fingerprint density at radius 1 is 1.43 bits per heavy atom. The summed E-state index contributed by atoms with van der Waals surface area (Å²) in [4.78, 5) is 38.2. The summed E-state index contributed by atoms with van der Waals surface area (Å²) in [5, 5.41) is 14.8. The van der Waals surface area contributed by atoms with Gasteiger partial charge < -0.3 is 15.2 Å². The SMILES string of the molecule is O=C(CCC1NC(=O)NC1=O)NCc1noc(-c2ccsc2)n1. The van der Waals surface area contributed by atoms with Gasteiger partial charge in [0.2, 0.25) is 5.91 Å². The van der Waals surface area contributed by atoms with Crippen LogP contribution in [0.1, 0.15) is 18.7 Å². The smallest absolute Gasteiger partial charge is 0.322 e. The van der Waals surface area contributed by atoms with Gasteiger partial charge in [0, 0.05) is 11.8 Å². The molecule has 2 aromatic heterocycles. The van der Waals surface area contributed by atoms with Crippen molar-refractivity contribution in [3.8, 4) is 11.5 Å². The fourth-order valence-corrected chi connectivity index (χ4v) is 2.66. The monoisotopic (exact) mass is 335 g/mol. The number of hydrogen-bond donors (Lipinski definition) is 3. The standard InChI is InChI=1S/C13H13N5O4S/c19-10(2-1-8-11(20)17-13(21)15-8)14-5-9-16-12(22-18-9)7-3-4-23-6-7/h3-4,6,8H,1-2,5H2,(H,14,19)(H2,15,17,20,21). The Balaban J connectivity index is 1.44. The molecule has 0 spiro atoms. The molecule has 1 fully saturated rings. The molecule has 23 heavy (non-hydrogen) atoms. The van der Waals surface area contributed by atoms with E-state index in [2.05, 4.69) is 26.1 Å². The molecule has 3 heterocycles. The van der Waals surface area contributed by atoms with Crippen molar-refractivity contribution in [2.75, 3.05) is 0 Å². The summed E-state index contributed by atoms with van der Waals surface area (Å²) < 4.78 is 5.10. The van der Waals surface area contributed by atoms with Crippen LogP contribution in [0.5, 0.6) is 0 Å². The Kier molecular flexibility index (Phi) is 4.33. The number of hydrogen-bond acceptors (Lipinski definition) is 7. The Labute approximate surface area is 134 Å². The number of urea groups is 1. The first-order valence-electron chi connectivity index (χ1n) is 6.85. The lowest BCUT2D eigenvalue weighted by Gasteiger charge is -2.06. The second kappa shape index (κ2) is 6.57. The molecular formula is C13H13N5O4S. The maximum atomic E-state index is 11.8. The van der Waals surface area contributed by atoms with Gasteiger partial charge in [-0.25, -0.2) is 4.79 Å². The third kappa shape index (κ3) is 3.72. The first-order valence-corrected chi connectivity index (χ1v) is 7.79. The number of thiophene rings is 1. The fourth-order valence-electron chi connectivity index (χ4n) is 2.03. The largest absolute Gasteiger partial charge is 0.349 e. The van der Waals surface area contributed by atoms with E-state index >= 15 is 0 Å². The second-order valence-corrected chi connectivity index (χ2v) is 5.64. The lowest BCUT2D eigenvalue weighted by molar-refractivity contribution is -0.122. The van der Waals surface area contributed by atoms with Gasteiger partial charge >= 0.3 is 6.03 Å². The van der Waals surface area contributed by atoms with Crippen LogP contribution in [0.15, 0.2) is 21.3 Å². The highest BCUT2D eigenvalue weighted by atomic mass is 32.1. The average molecular weight is 335 g/mol. The molecule has 1 unspecified atom stereocenters. The van der Waals surface area contributed by atoms with Crippen LogP contribution in [0.4, 0.5) is 4.79 Å². The topological polar surface area (TPSA) is 126 Å². The molecule has 1 aliphatic heterocycles. The third-order valence-corrected chi connectivity index (χ3v) is 3.88. The number of amides is 4. The molecule has 120 valence electrons. The van der Waals surface area contributed by atoms with E-state index in [0.717, 1.165) is 5.56 Å². The van der Waals surface area contributed by atoms with Gasteiger partial charge in [0.15, 0.2) is 5.82 Å². The maximum absolute atomic E-state index is 11.8. The molecule has 0 aromatic carbocycles. The van der Waals surface area contributed by atoms with Crippen molar-refractivity contribution in [3.63, 3.8) is 0 Å². The van der Waals surface area contributed by atoms with Crippen molar-refractivity contribution >= 4 is 29.2 Å². The van der Waals surface area contributed by atoms with Gasteiger partial charge in [-0.05, 0) is 17.9 Å². The van der Waals surface area contributed by atoms with Crippen LogP contribution >= 0.6 is 11.3 Å². The van der Waals surface area contributed by atoms with Gasteiger partial charge in [-0.15, -0.1) is 0 Å². The van der Waals surface area contributed by atoms with Gasteiger partial charge in [-0.3, -0.25) is 14.9 Å². The van der Waals surface area contributed by atoms with Crippen LogP contribution in [-0.4, -0.2) is 34.0 Å². The molecule has 1 saturated heterocycles. The van der Waals surface area contributed by atoms with E-state index in [1.54, 1.807) is 0 Å². The summed E-state index contributed by atoms with van der Waals surface area (Å²) >= 11 is 1.52. The quantitative estimate of drug-likeness (QED) is 0.656. The zero-order valence-electron chi connectivity index (χ0n) is 11.9. The number of aromatic nitrogens is 2. The summed E-state index contributed by atoms with van der Waals surface area (Å²) in [5.74, 6) is 0.0921. The normalized spacial score (nSPS) is 17.0. The Hall–Kier alpha value is -2.75. The zero-order valence-corrected chi connectivity index (χ0v) is 12.7. The molecule has 10 heteroatoms. The average Bonchev–Trinajstić information content (AvgIpc) is 3.24. The van der Waals surface area contributed by atoms with Gasteiger partial charge in [0.25, 0.3) is 11.8 Å². The highest BCUT2D eigenvalue weighted by molar-refractivity contribution is 7.08. The fraction of sp³-hybridized carbons (Fsp3) is 0.308. The van der Waals surface area contributed by atoms with Crippen molar-refractivity contribution in [2.24, 2.45) is 0 Å². The minimum Gasteiger partial charge on any atom is -0.349 e. The molecule has 9 nitrogen and oxygen atoms in total. The summed E-state index contributed by atoms with van der Waals surface area (Å²) in [7, 11) is 0. The van der Waals surface area contributed by atoms with Gasteiger partial charge in [0.05, 0.1) is 12.1 Å². The minimum atomic E-state index is -0.663. The van der Waals surface area contributed by atoms with Gasteiger partial charge in [0.1, 0.15) is 6.04 Å². The number of nitrogens with one attached hydrogen (secondary N) is 3. The van der Waals surface area contributed by atoms with E-state index in [9.17, 15) is 14.4 Å². The number of rotatable bonds is 6. The van der Waals surface area contributed by atoms with Crippen molar-refractivity contribution in [2.45, 2.75) is 25.4 Å². The molecular weight excluding hydrogens is 322 g/mol. The van der Waals surface area contributed by atoms with Crippen LogP contribution in [-0.2, 0) is 16.1 Å². The highest BCUT2D eigenvalue weighted by Gasteiger charge is 2.29. The maximum Gasteiger partial charge on any atom is 0.322 e. The predicted molar refractivity (Wildman–Crippen MR) is 79.2 cm³/mol. The van der Waals surface area contributed by atoms with Crippen LogP contribution < -0.4 is 16.0 Å². The van der Waals surface area contributed by atoms with Crippen molar-refractivity contribution < 1.29 is 18.9 Å². The number of carbonyl (C=O) groups is 3. The molecule has 0 bridgehead atoms.